The first kappa shape index (κ1) is 14.1. The number of carbonyl (C=O) groups is 1. The summed E-state index contributed by atoms with van der Waals surface area (Å²) in [6.45, 7) is 0.380. The van der Waals surface area contributed by atoms with Crippen LogP contribution in [-0.2, 0) is 19.4 Å². The number of hydrogen-bond acceptors (Lipinski definition) is 4. The topological polar surface area (TPSA) is 64.3 Å². The van der Waals surface area contributed by atoms with Gasteiger partial charge >= 0.3 is 0 Å². The van der Waals surface area contributed by atoms with Gasteiger partial charge in [0.1, 0.15) is 12.4 Å². The second-order valence-corrected chi connectivity index (χ2v) is 6.09. The van der Waals surface area contributed by atoms with Crippen molar-refractivity contribution in [2.24, 2.45) is 5.84 Å². The molecule has 0 unspecified atom stereocenters. The monoisotopic (exact) mass is 302 g/mol. The van der Waals surface area contributed by atoms with Crippen molar-refractivity contribution in [1.29, 1.82) is 0 Å². The molecule has 3 N–H and O–H groups in total. The molecule has 0 saturated carbocycles. The quantitative estimate of drug-likeness (QED) is 0.518. The highest BCUT2D eigenvalue weighted by molar-refractivity contribution is 7.12. The van der Waals surface area contributed by atoms with E-state index in [1.807, 2.05) is 17.5 Å². The number of hydrogen-bond donors (Lipinski definition) is 2. The van der Waals surface area contributed by atoms with Crippen LogP contribution in [0.15, 0.2) is 29.6 Å². The minimum Gasteiger partial charge on any atom is -0.489 e. The van der Waals surface area contributed by atoms with E-state index in [4.69, 9.17) is 10.6 Å². The van der Waals surface area contributed by atoms with Crippen LogP contribution in [0, 0.1) is 0 Å². The van der Waals surface area contributed by atoms with Crippen molar-refractivity contribution < 1.29 is 9.53 Å². The van der Waals surface area contributed by atoms with E-state index >= 15 is 0 Å². The summed E-state index contributed by atoms with van der Waals surface area (Å²) in [7, 11) is 0. The van der Waals surface area contributed by atoms with Gasteiger partial charge in [-0.1, -0.05) is 6.07 Å². The van der Waals surface area contributed by atoms with Gasteiger partial charge in [-0.3, -0.25) is 10.2 Å². The first-order valence-corrected chi connectivity index (χ1v) is 7.98. The molecule has 0 bridgehead atoms. The Morgan fingerprint density at radius 3 is 2.86 bits per heavy atom. The summed E-state index contributed by atoms with van der Waals surface area (Å²) in [4.78, 5) is 12.2. The van der Waals surface area contributed by atoms with E-state index in [1.165, 1.54) is 41.7 Å². The number of nitrogen functional groups attached to an aromatic ring is 1. The van der Waals surface area contributed by atoms with Gasteiger partial charge in [0.2, 0.25) is 0 Å². The second-order valence-electron chi connectivity index (χ2n) is 5.17. The Hall–Kier alpha value is -1.85. The van der Waals surface area contributed by atoms with Gasteiger partial charge in [-0.25, -0.2) is 5.84 Å². The summed E-state index contributed by atoms with van der Waals surface area (Å²) in [5.41, 5.74) is 5.85. The number of nitrogens with one attached hydrogen (secondary N) is 1. The molecule has 1 amide bonds. The molecule has 0 atom stereocenters. The molecule has 1 aliphatic carbocycles. The fourth-order valence-electron chi connectivity index (χ4n) is 2.67. The predicted octanol–water partition coefficient (Wildman–Crippen LogP) is 2.81. The number of nitrogens with two attached hydrogens (primary N) is 1. The highest BCUT2D eigenvalue weighted by atomic mass is 32.1. The maximum atomic E-state index is 11.6. The molecule has 0 saturated heterocycles. The summed E-state index contributed by atoms with van der Waals surface area (Å²) in [5, 5.41) is 1.87. The number of thiophene rings is 1. The minimum atomic E-state index is -0.269. The van der Waals surface area contributed by atoms with Crippen LogP contribution < -0.4 is 16.0 Å². The molecule has 0 fully saturated rings. The molecule has 1 heterocycles. The van der Waals surface area contributed by atoms with Crippen molar-refractivity contribution in [2.75, 3.05) is 0 Å². The van der Waals surface area contributed by atoms with E-state index < -0.39 is 0 Å². The molecule has 0 radical (unpaired) electrons. The minimum absolute atomic E-state index is 0.269. The first-order valence-electron chi connectivity index (χ1n) is 7.10. The molecular formula is C16H18N2O2S. The lowest BCUT2D eigenvalue weighted by Crippen LogP contribution is -2.30. The summed E-state index contributed by atoms with van der Waals surface area (Å²) in [6.07, 6.45) is 4.83. The number of aryl methyl sites for hydroxylation is 2. The second kappa shape index (κ2) is 6.28. The highest BCUT2D eigenvalue weighted by Crippen LogP contribution is 2.26. The Kier molecular flexibility index (Phi) is 4.22. The number of carbonyl (C=O) groups excluding carboxylic acids is 1. The van der Waals surface area contributed by atoms with E-state index in [-0.39, 0.29) is 5.91 Å². The van der Waals surface area contributed by atoms with Gasteiger partial charge in [-0.2, -0.15) is 0 Å². The lowest BCUT2D eigenvalue weighted by atomic mass is 9.92. The van der Waals surface area contributed by atoms with Crippen molar-refractivity contribution in [2.45, 2.75) is 32.3 Å². The van der Waals surface area contributed by atoms with Gasteiger partial charge in [0.05, 0.1) is 4.88 Å². The molecule has 4 nitrogen and oxygen atoms in total. The number of amides is 1. The van der Waals surface area contributed by atoms with Crippen molar-refractivity contribution in [3.63, 3.8) is 0 Å². The summed E-state index contributed by atoms with van der Waals surface area (Å²) >= 11 is 1.37. The molecule has 1 aromatic heterocycles. The number of fused-ring (bicyclic) bond motifs is 1. The van der Waals surface area contributed by atoms with Gasteiger partial charge in [0.25, 0.3) is 5.91 Å². The molecule has 1 aliphatic rings. The zero-order chi connectivity index (χ0) is 14.7. The first-order chi connectivity index (χ1) is 10.3. The number of ether oxygens (including phenoxy) is 1. The van der Waals surface area contributed by atoms with Crippen molar-refractivity contribution in [3.05, 3.63) is 51.2 Å². The molecular weight excluding hydrogens is 284 g/mol. The third-order valence-corrected chi connectivity index (χ3v) is 4.75. The molecule has 21 heavy (non-hydrogen) atoms. The van der Waals surface area contributed by atoms with Gasteiger partial charge < -0.3 is 4.74 Å². The standard InChI is InChI=1S/C16H18N2O2S/c17-18-16(19)15-13(7-8-21-15)10-20-14-6-5-11-3-1-2-4-12(11)9-14/h5-9H,1-4,10,17H2,(H,18,19). The highest BCUT2D eigenvalue weighted by Gasteiger charge is 2.13. The lowest BCUT2D eigenvalue weighted by Gasteiger charge is -2.16. The SMILES string of the molecule is NNC(=O)c1sccc1COc1ccc2c(c1)CCCC2. The number of benzene rings is 1. The van der Waals surface area contributed by atoms with Crippen LogP contribution in [0.2, 0.25) is 0 Å². The van der Waals surface area contributed by atoms with Crippen LogP contribution in [-0.4, -0.2) is 5.91 Å². The summed E-state index contributed by atoms with van der Waals surface area (Å²) in [5.74, 6) is 5.77. The Morgan fingerprint density at radius 1 is 1.24 bits per heavy atom. The molecule has 0 spiro atoms. The van der Waals surface area contributed by atoms with Gasteiger partial charge in [-0.05, 0) is 60.4 Å². The summed E-state index contributed by atoms with van der Waals surface area (Å²) in [6, 6.07) is 8.20. The Morgan fingerprint density at radius 2 is 2.05 bits per heavy atom. The maximum absolute atomic E-state index is 11.6. The molecule has 0 aliphatic heterocycles. The molecule has 2 aromatic rings. The van der Waals surface area contributed by atoms with Crippen molar-refractivity contribution >= 4 is 17.2 Å². The Bertz CT molecular complexity index is 651. The van der Waals surface area contributed by atoms with E-state index in [0.717, 1.165) is 17.7 Å². The Labute approximate surface area is 127 Å². The average molecular weight is 302 g/mol. The number of rotatable bonds is 4. The van der Waals surface area contributed by atoms with Crippen molar-refractivity contribution in [1.82, 2.24) is 5.43 Å². The third kappa shape index (κ3) is 3.09. The van der Waals surface area contributed by atoms with Crippen LogP contribution in [0.4, 0.5) is 0 Å². The van der Waals surface area contributed by atoms with Crippen LogP contribution in [0.5, 0.6) is 5.75 Å². The molecule has 5 heteroatoms. The zero-order valence-electron chi connectivity index (χ0n) is 11.7. The average Bonchev–Trinajstić information content (AvgIpc) is 3.00. The van der Waals surface area contributed by atoms with E-state index in [9.17, 15) is 4.79 Å². The smallest absolute Gasteiger partial charge is 0.275 e. The van der Waals surface area contributed by atoms with Crippen LogP contribution >= 0.6 is 11.3 Å². The zero-order valence-corrected chi connectivity index (χ0v) is 12.5. The maximum Gasteiger partial charge on any atom is 0.275 e. The van der Waals surface area contributed by atoms with E-state index in [1.54, 1.807) is 0 Å². The molecule has 3 rings (SSSR count). The Balaban J connectivity index is 1.71. The van der Waals surface area contributed by atoms with Crippen LogP contribution in [0.3, 0.4) is 0 Å². The van der Waals surface area contributed by atoms with Gasteiger partial charge in [-0.15, -0.1) is 11.3 Å². The normalized spacial score (nSPS) is 13.6. The third-order valence-electron chi connectivity index (χ3n) is 3.80. The fourth-order valence-corrected chi connectivity index (χ4v) is 3.49. The van der Waals surface area contributed by atoms with Crippen LogP contribution in [0.25, 0.3) is 0 Å². The lowest BCUT2D eigenvalue weighted by molar-refractivity contribution is 0.0955. The van der Waals surface area contributed by atoms with Crippen molar-refractivity contribution in [3.8, 4) is 5.75 Å². The summed E-state index contributed by atoms with van der Waals surface area (Å²) < 4.78 is 5.84. The van der Waals surface area contributed by atoms with Crippen LogP contribution in [0.1, 0.15) is 39.2 Å². The molecule has 110 valence electrons. The number of hydrazine groups is 1. The predicted molar refractivity (Wildman–Crippen MR) is 83.4 cm³/mol. The van der Waals surface area contributed by atoms with E-state index in [0.29, 0.717) is 11.5 Å². The fraction of sp³-hybridized carbons (Fsp3) is 0.312. The van der Waals surface area contributed by atoms with Gasteiger partial charge in [0.15, 0.2) is 0 Å². The largest absolute Gasteiger partial charge is 0.489 e. The van der Waals surface area contributed by atoms with Gasteiger partial charge in [0, 0.05) is 5.56 Å². The van der Waals surface area contributed by atoms with E-state index in [2.05, 4.69) is 17.6 Å². The molecule has 1 aromatic carbocycles.